The summed E-state index contributed by atoms with van der Waals surface area (Å²) in [5.41, 5.74) is 21.5. The summed E-state index contributed by atoms with van der Waals surface area (Å²) in [4.78, 5) is 0. The molecule has 6 aromatic carbocycles. The Morgan fingerprint density at radius 1 is 0.534 bits per heavy atom. The summed E-state index contributed by atoms with van der Waals surface area (Å²) in [5, 5.41) is 2.96. The van der Waals surface area contributed by atoms with E-state index in [-0.39, 0.29) is 7.25 Å². The van der Waals surface area contributed by atoms with Crippen LogP contribution in [0.25, 0.3) is 45.5 Å². The van der Waals surface area contributed by atoms with Gasteiger partial charge in [0, 0.05) is 0 Å². The Labute approximate surface area is 357 Å². The van der Waals surface area contributed by atoms with Gasteiger partial charge in [0.15, 0.2) is 0 Å². The van der Waals surface area contributed by atoms with Gasteiger partial charge in [0.1, 0.15) is 0 Å². The van der Waals surface area contributed by atoms with Crippen molar-refractivity contribution >= 4 is 52.3 Å². The Bertz CT molecular complexity index is 2580. The van der Waals surface area contributed by atoms with Gasteiger partial charge in [0.05, 0.1) is 0 Å². The SMILES string of the molecule is CCc1ccccc1-c1c(C(C)C)ccc2c1C=C(C)[CH]2[Zr]([Cl])([Cl])([c]1cccc2c1[SiH2]c1ccccc1-2)[CH]1C(C)=Cc2c1ccc(C(C)C)c2-c1ccccc1CC. The number of fused-ring (bicyclic) bond motifs is 5. The van der Waals surface area contributed by atoms with Gasteiger partial charge in [0.25, 0.3) is 0 Å². The number of hydrogen-bond acceptors (Lipinski definition) is 0. The maximum absolute atomic E-state index is 9.24. The third kappa shape index (κ3) is 5.90. The van der Waals surface area contributed by atoms with Gasteiger partial charge in [0.2, 0.25) is 0 Å². The summed E-state index contributed by atoms with van der Waals surface area (Å²) < 4.78 is 1.08. The van der Waals surface area contributed by atoms with Gasteiger partial charge in [-0.1, -0.05) is 0 Å². The number of allylic oxidation sites excluding steroid dienone is 2. The number of halogens is 2. The van der Waals surface area contributed by atoms with E-state index in [1.165, 1.54) is 103 Å². The van der Waals surface area contributed by atoms with Crippen LogP contribution in [0.2, 0.25) is 0 Å². The molecule has 3 aliphatic rings. The van der Waals surface area contributed by atoms with Crippen LogP contribution in [0.1, 0.15) is 119 Å². The Balaban J connectivity index is 1.37. The minimum absolute atomic E-state index is 0.104. The van der Waals surface area contributed by atoms with Crippen LogP contribution < -0.4 is 13.6 Å². The molecular weight excluding hydrogens is 839 g/mol. The van der Waals surface area contributed by atoms with Crippen LogP contribution in [0.4, 0.5) is 0 Å². The molecule has 6 aromatic rings. The molecule has 0 bridgehead atoms. The third-order valence-electron chi connectivity index (χ3n) is 13.9. The fourth-order valence-electron chi connectivity index (χ4n) is 11.4. The average Bonchev–Trinajstić information content (AvgIpc) is 3.90. The first kappa shape index (κ1) is 39.9. The van der Waals surface area contributed by atoms with Crippen LogP contribution in [0.5, 0.6) is 0 Å². The number of aryl methyl sites for hydroxylation is 2. The van der Waals surface area contributed by atoms with E-state index in [0.717, 1.165) is 12.8 Å². The molecule has 0 spiro atoms. The first-order valence-corrected chi connectivity index (χ1v) is 33.3. The van der Waals surface area contributed by atoms with E-state index in [1.54, 1.807) is 0 Å². The van der Waals surface area contributed by atoms with Gasteiger partial charge >= 0.3 is 360 Å². The van der Waals surface area contributed by atoms with E-state index in [0.29, 0.717) is 11.8 Å². The quantitative estimate of drug-likeness (QED) is 0.127. The summed E-state index contributed by atoms with van der Waals surface area (Å²) in [6.45, 7) is 18.5. The van der Waals surface area contributed by atoms with Crippen molar-refractivity contribution in [3.8, 4) is 33.4 Å². The molecule has 58 heavy (non-hydrogen) atoms. The molecule has 0 amide bonds. The summed E-state index contributed by atoms with van der Waals surface area (Å²) in [7, 11) is 17.6. The zero-order valence-electron chi connectivity index (χ0n) is 35.3. The second-order valence-corrected chi connectivity index (χ2v) is 40.3. The van der Waals surface area contributed by atoms with Crippen molar-refractivity contribution in [2.24, 2.45) is 0 Å². The minimum atomic E-state index is -5.57. The number of benzene rings is 6. The van der Waals surface area contributed by atoms with Crippen molar-refractivity contribution in [2.75, 3.05) is 0 Å². The van der Waals surface area contributed by atoms with E-state index < -0.39 is 25.9 Å². The van der Waals surface area contributed by atoms with Gasteiger partial charge in [-0.25, -0.2) is 0 Å². The van der Waals surface area contributed by atoms with Crippen LogP contribution in [0.15, 0.2) is 126 Å². The fourth-order valence-corrected chi connectivity index (χ4v) is 40.2. The molecule has 9 rings (SSSR count). The molecule has 0 radical (unpaired) electrons. The van der Waals surface area contributed by atoms with Crippen LogP contribution in [-0.2, 0) is 29.2 Å². The predicted octanol–water partition coefficient (Wildman–Crippen LogP) is 13.4. The van der Waals surface area contributed by atoms with Crippen LogP contribution >= 0.6 is 17.0 Å². The van der Waals surface area contributed by atoms with Gasteiger partial charge in [-0.3, -0.25) is 0 Å². The van der Waals surface area contributed by atoms with Gasteiger partial charge in [-0.15, -0.1) is 0 Å². The molecule has 1 aliphatic heterocycles. The molecule has 2 atom stereocenters. The molecule has 0 nitrogen and oxygen atoms in total. The van der Waals surface area contributed by atoms with Gasteiger partial charge in [-0.05, 0) is 0 Å². The molecule has 2 aliphatic carbocycles. The van der Waals surface area contributed by atoms with Crippen LogP contribution in [0, 0.1) is 0 Å². The van der Waals surface area contributed by atoms with Crippen LogP contribution in [0.3, 0.4) is 0 Å². The zero-order chi connectivity index (χ0) is 40.7. The Morgan fingerprint density at radius 2 is 0.983 bits per heavy atom. The summed E-state index contributed by atoms with van der Waals surface area (Å²) in [6, 6.07) is 43.7. The van der Waals surface area contributed by atoms with E-state index in [9.17, 15) is 17.0 Å². The van der Waals surface area contributed by atoms with Crippen molar-refractivity contribution in [3.05, 3.63) is 171 Å². The van der Waals surface area contributed by atoms with E-state index >= 15 is 0 Å². The van der Waals surface area contributed by atoms with Crippen LogP contribution in [-0.4, -0.2) is 9.52 Å². The summed E-state index contributed by atoms with van der Waals surface area (Å²) in [5.74, 6) is 0.723. The van der Waals surface area contributed by atoms with Crippen molar-refractivity contribution < 1.29 is 16.4 Å². The van der Waals surface area contributed by atoms with Gasteiger partial charge < -0.3 is 0 Å². The topological polar surface area (TPSA) is 0 Å². The maximum atomic E-state index is 9.24. The van der Waals surface area contributed by atoms with E-state index in [2.05, 4.69) is 183 Å². The number of hydrogen-bond donors (Lipinski definition) is 0. The van der Waals surface area contributed by atoms with Crippen molar-refractivity contribution in [3.63, 3.8) is 0 Å². The van der Waals surface area contributed by atoms with Crippen molar-refractivity contribution in [1.29, 1.82) is 0 Å². The summed E-state index contributed by atoms with van der Waals surface area (Å²) >= 11 is -5.57. The van der Waals surface area contributed by atoms with Gasteiger partial charge in [-0.2, -0.15) is 0 Å². The summed E-state index contributed by atoms with van der Waals surface area (Å²) in [6.07, 6.45) is 6.93. The third-order valence-corrected chi connectivity index (χ3v) is 37.1. The molecular formula is C54H55Cl2SiZr. The second kappa shape index (κ2) is 14.9. The standard InChI is InChI=1S/2C21H23.C12H9Si.2ClH.Zr/c2*1-5-16-8-6-7-9-19(16)21-18(14(2)3)11-10-17-12-15(4)13-20(17)21;1-3-7-11-9(5-1)10-6-2-4-8-12(10)13-11;;;/h2*6-14H,5H2,1-4H3;1-7H,13H2;2*1H;/q;;;;;+2/p-2. The fraction of sp³-hybridized carbons (Fsp3) is 0.259. The molecule has 0 N–H and O–H groups in total. The molecule has 4 heteroatoms. The monoisotopic (exact) mass is 891 g/mol. The average molecular weight is 894 g/mol. The Kier molecular flexibility index (Phi) is 10.2. The normalized spacial score (nSPS) is 17.8. The molecule has 0 saturated heterocycles. The Morgan fingerprint density at radius 3 is 1.47 bits per heavy atom. The molecule has 0 saturated carbocycles. The molecule has 0 fully saturated rings. The van der Waals surface area contributed by atoms with E-state index in [1.807, 2.05) is 0 Å². The first-order chi connectivity index (χ1) is 27.9. The first-order valence-electron chi connectivity index (χ1n) is 21.5. The van der Waals surface area contributed by atoms with E-state index in [4.69, 9.17) is 0 Å². The molecule has 1 heterocycles. The second-order valence-electron chi connectivity index (χ2n) is 17.9. The zero-order valence-corrected chi connectivity index (χ0v) is 40.7. The molecule has 2 unspecified atom stereocenters. The molecule has 293 valence electrons. The predicted molar refractivity (Wildman–Crippen MR) is 255 cm³/mol. The van der Waals surface area contributed by atoms with Crippen molar-refractivity contribution in [1.82, 2.24) is 0 Å². The Hall–Kier alpha value is -3.52. The number of rotatable bonds is 9. The van der Waals surface area contributed by atoms with Crippen molar-refractivity contribution in [2.45, 2.75) is 87.3 Å². The molecule has 0 aromatic heterocycles.